The second-order valence-corrected chi connectivity index (χ2v) is 4.40. The van der Waals surface area contributed by atoms with E-state index >= 15 is 0 Å². The van der Waals surface area contributed by atoms with Crippen molar-refractivity contribution in [3.63, 3.8) is 0 Å². The predicted octanol–water partition coefficient (Wildman–Crippen LogP) is 0.678. The Morgan fingerprint density at radius 2 is 2.29 bits per heavy atom. The zero-order valence-corrected chi connectivity index (χ0v) is 8.51. The maximum atomic E-state index is 11.7. The molecule has 0 radical (unpaired) electrons. The Hall–Kier alpha value is -0.830. The van der Waals surface area contributed by atoms with Gasteiger partial charge in [0.15, 0.2) is 0 Å². The molecule has 14 heavy (non-hydrogen) atoms. The van der Waals surface area contributed by atoms with Crippen molar-refractivity contribution in [2.75, 3.05) is 19.6 Å². The quantitative estimate of drug-likeness (QED) is 0.649. The van der Waals surface area contributed by atoms with Crippen molar-refractivity contribution in [1.29, 1.82) is 0 Å². The van der Waals surface area contributed by atoms with Gasteiger partial charge in [-0.15, -0.1) is 6.58 Å². The van der Waals surface area contributed by atoms with Crippen LogP contribution in [0.1, 0.15) is 19.3 Å². The third-order valence-corrected chi connectivity index (χ3v) is 3.53. The Balaban J connectivity index is 1.84. The molecule has 1 saturated heterocycles. The minimum atomic E-state index is 0.229. The molecule has 0 aromatic rings. The monoisotopic (exact) mass is 194 g/mol. The van der Waals surface area contributed by atoms with Crippen molar-refractivity contribution in [2.45, 2.75) is 19.3 Å². The van der Waals surface area contributed by atoms with Crippen LogP contribution in [0.4, 0.5) is 0 Å². The summed E-state index contributed by atoms with van der Waals surface area (Å²) in [6.07, 6.45) is 5.16. The third kappa shape index (κ3) is 1.69. The highest BCUT2D eigenvalue weighted by Crippen LogP contribution is 2.58. The summed E-state index contributed by atoms with van der Waals surface area (Å²) in [6, 6.07) is 0. The minimum Gasteiger partial charge on any atom is -0.352 e. The van der Waals surface area contributed by atoms with Crippen molar-refractivity contribution >= 4 is 5.91 Å². The lowest BCUT2D eigenvalue weighted by Gasteiger charge is -2.23. The molecule has 1 aliphatic carbocycles. The second kappa shape index (κ2) is 3.73. The number of hydrogen-bond acceptors (Lipinski definition) is 2. The molecular weight excluding hydrogens is 176 g/mol. The molecule has 1 amide bonds. The normalized spacial score (nSPS) is 28.4. The van der Waals surface area contributed by atoms with Crippen LogP contribution in [-0.2, 0) is 4.79 Å². The third-order valence-electron chi connectivity index (χ3n) is 3.53. The van der Waals surface area contributed by atoms with Crippen LogP contribution >= 0.6 is 0 Å². The number of amides is 1. The van der Waals surface area contributed by atoms with Gasteiger partial charge in [0.2, 0.25) is 5.91 Å². The van der Waals surface area contributed by atoms with Gasteiger partial charge in [-0.1, -0.05) is 6.08 Å². The molecule has 1 heterocycles. The van der Waals surface area contributed by atoms with Gasteiger partial charge in [-0.05, 0) is 37.8 Å². The first kappa shape index (κ1) is 9.71. The Morgan fingerprint density at radius 1 is 1.57 bits per heavy atom. The molecule has 0 unspecified atom stereocenters. The molecule has 0 bridgehead atoms. The van der Waals surface area contributed by atoms with E-state index in [1.54, 1.807) is 6.08 Å². The summed E-state index contributed by atoms with van der Waals surface area (Å²) in [5.41, 5.74) is 0.358. The minimum absolute atomic E-state index is 0.229. The van der Waals surface area contributed by atoms with Crippen LogP contribution in [-0.4, -0.2) is 25.5 Å². The topological polar surface area (TPSA) is 41.1 Å². The van der Waals surface area contributed by atoms with Crippen LogP contribution < -0.4 is 10.6 Å². The van der Waals surface area contributed by atoms with Crippen LogP contribution in [0.3, 0.4) is 0 Å². The smallest absolute Gasteiger partial charge is 0.223 e. The Labute approximate surface area is 84.9 Å². The Bertz CT molecular complexity index is 244. The maximum absolute atomic E-state index is 11.7. The SMILES string of the molecule is C=CCNC(=O)[C@@H]1CC12CCNCC2. The van der Waals surface area contributed by atoms with Gasteiger partial charge < -0.3 is 10.6 Å². The van der Waals surface area contributed by atoms with E-state index < -0.39 is 0 Å². The molecule has 2 aliphatic rings. The molecule has 0 aromatic heterocycles. The number of hydrogen-bond donors (Lipinski definition) is 2. The fraction of sp³-hybridized carbons (Fsp3) is 0.727. The average molecular weight is 194 g/mol. The summed E-state index contributed by atoms with van der Waals surface area (Å²) in [7, 11) is 0. The average Bonchev–Trinajstić information content (AvgIpc) is 2.90. The number of nitrogens with one attached hydrogen (secondary N) is 2. The van der Waals surface area contributed by atoms with Gasteiger partial charge in [0, 0.05) is 12.5 Å². The lowest BCUT2D eigenvalue weighted by molar-refractivity contribution is -0.123. The summed E-state index contributed by atoms with van der Waals surface area (Å²) in [5, 5.41) is 6.22. The molecule has 0 aromatic carbocycles. The van der Waals surface area contributed by atoms with Crippen molar-refractivity contribution in [3.8, 4) is 0 Å². The Morgan fingerprint density at radius 3 is 2.93 bits per heavy atom. The molecule has 3 heteroatoms. The summed E-state index contributed by atoms with van der Waals surface area (Å²) >= 11 is 0. The maximum Gasteiger partial charge on any atom is 0.223 e. The molecule has 1 saturated carbocycles. The number of piperidine rings is 1. The highest BCUT2D eigenvalue weighted by molar-refractivity contribution is 5.82. The first-order valence-corrected chi connectivity index (χ1v) is 5.38. The summed E-state index contributed by atoms with van der Waals surface area (Å²) < 4.78 is 0. The largest absolute Gasteiger partial charge is 0.352 e. The standard InChI is InChI=1S/C11H18N2O/c1-2-5-13-10(14)9-8-11(9)3-6-12-7-4-11/h2,9,12H,1,3-8H2,(H,13,14)/t9-/m0/s1. The van der Waals surface area contributed by atoms with Crippen LogP contribution in [0.5, 0.6) is 0 Å². The van der Waals surface area contributed by atoms with Gasteiger partial charge in [0.25, 0.3) is 0 Å². The van der Waals surface area contributed by atoms with Crippen LogP contribution in [0, 0.1) is 11.3 Å². The second-order valence-electron chi connectivity index (χ2n) is 4.40. The summed E-state index contributed by atoms with van der Waals surface area (Å²) in [4.78, 5) is 11.7. The fourth-order valence-corrected chi connectivity index (χ4v) is 2.49. The number of carbonyl (C=O) groups is 1. The predicted molar refractivity (Wildman–Crippen MR) is 55.9 cm³/mol. The molecule has 3 nitrogen and oxygen atoms in total. The number of rotatable bonds is 3. The highest BCUT2D eigenvalue weighted by atomic mass is 16.2. The molecular formula is C11H18N2O. The van der Waals surface area contributed by atoms with Crippen LogP contribution in [0.2, 0.25) is 0 Å². The zero-order valence-electron chi connectivity index (χ0n) is 8.51. The highest BCUT2D eigenvalue weighted by Gasteiger charge is 2.57. The molecule has 2 rings (SSSR count). The van der Waals surface area contributed by atoms with Crippen LogP contribution in [0.25, 0.3) is 0 Å². The lowest BCUT2D eigenvalue weighted by Crippen LogP contribution is -2.33. The van der Waals surface area contributed by atoms with Crippen LogP contribution in [0.15, 0.2) is 12.7 Å². The van der Waals surface area contributed by atoms with E-state index in [1.165, 1.54) is 12.8 Å². The van der Waals surface area contributed by atoms with Gasteiger partial charge in [-0.2, -0.15) is 0 Å². The van der Waals surface area contributed by atoms with E-state index in [0.717, 1.165) is 19.5 Å². The van der Waals surface area contributed by atoms with Gasteiger partial charge in [0.05, 0.1) is 0 Å². The van der Waals surface area contributed by atoms with Crippen molar-refractivity contribution in [1.82, 2.24) is 10.6 Å². The Kier molecular flexibility index (Phi) is 2.59. The van der Waals surface area contributed by atoms with E-state index in [4.69, 9.17) is 0 Å². The van der Waals surface area contributed by atoms with E-state index in [9.17, 15) is 4.79 Å². The molecule has 1 spiro atoms. The number of carbonyl (C=O) groups excluding carboxylic acids is 1. The van der Waals surface area contributed by atoms with Gasteiger partial charge in [-0.25, -0.2) is 0 Å². The first-order chi connectivity index (χ1) is 6.78. The molecule has 2 N–H and O–H groups in total. The zero-order chi connectivity index (χ0) is 10.0. The van der Waals surface area contributed by atoms with E-state index in [2.05, 4.69) is 17.2 Å². The molecule has 1 atom stereocenters. The lowest BCUT2D eigenvalue weighted by atomic mass is 9.92. The van der Waals surface area contributed by atoms with Crippen molar-refractivity contribution in [3.05, 3.63) is 12.7 Å². The van der Waals surface area contributed by atoms with Gasteiger partial charge in [-0.3, -0.25) is 4.79 Å². The van der Waals surface area contributed by atoms with Gasteiger partial charge in [0.1, 0.15) is 0 Å². The first-order valence-electron chi connectivity index (χ1n) is 5.38. The fourth-order valence-electron chi connectivity index (χ4n) is 2.49. The van der Waals surface area contributed by atoms with E-state index in [-0.39, 0.29) is 11.8 Å². The van der Waals surface area contributed by atoms with Crippen molar-refractivity contribution in [2.24, 2.45) is 11.3 Å². The van der Waals surface area contributed by atoms with Gasteiger partial charge >= 0.3 is 0 Å². The van der Waals surface area contributed by atoms with E-state index in [0.29, 0.717) is 12.0 Å². The summed E-state index contributed by atoms with van der Waals surface area (Å²) in [5.74, 6) is 0.511. The summed E-state index contributed by atoms with van der Waals surface area (Å²) in [6.45, 7) is 6.34. The molecule has 2 fully saturated rings. The van der Waals surface area contributed by atoms with Crippen molar-refractivity contribution < 1.29 is 4.79 Å². The molecule has 78 valence electrons. The van der Waals surface area contributed by atoms with E-state index in [1.807, 2.05) is 0 Å². The molecule has 1 aliphatic heterocycles.